The third-order valence-electron chi connectivity index (χ3n) is 3.57. The first-order valence-electron chi connectivity index (χ1n) is 6.37. The van der Waals surface area contributed by atoms with Gasteiger partial charge in [0.15, 0.2) is 0 Å². The average Bonchev–Trinajstić information content (AvgIpc) is 2.50. The highest BCUT2D eigenvalue weighted by Crippen LogP contribution is 2.32. The van der Waals surface area contributed by atoms with Gasteiger partial charge in [-0.05, 0) is 53.2 Å². The molecule has 0 heterocycles. The third kappa shape index (κ3) is 3.62. The summed E-state index contributed by atoms with van der Waals surface area (Å²) in [6.07, 6.45) is 6.56. The molecule has 1 aromatic rings. The topological polar surface area (TPSA) is 12.0 Å². The van der Waals surface area contributed by atoms with Crippen molar-refractivity contribution in [3.05, 3.63) is 27.7 Å². The molecule has 1 N–H and O–H groups in total. The van der Waals surface area contributed by atoms with Crippen LogP contribution in [0.3, 0.4) is 0 Å². The van der Waals surface area contributed by atoms with E-state index in [1.165, 1.54) is 32.1 Å². The molecule has 0 aromatic heterocycles. The Morgan fingerprint density at radius 2 is 2.06 bits per heavy atom. The molecule has 1 nitrogen and oxygen atoms in total. The highest BCUT2D eigenvalue weighted by Gasteiger charge is 2.16. The lowest BCUT2D eigenvalue weighted by molar-refractivity contribution is 0.502. The van der Waals surface area contributed by atoms with Gasteiger partial charge in [-0.1, -0.05) is 37.4 Å². The third-order valence-corrected chi connectivity index (χ3v) is 4.97. The quantitative estimate of drug-likeness (QED) is 0.712. The second kappa shape index (κ2) is 6.10. The maximum atomic E-state index is 6.10. The maximum Gasteiger partial charge on any atom is 0.0593 e. The molecule has 94 valence electrons. The molecule has 0 bridgehead atoms. The van der Waals surface area contributed by atoms with E-state index in [1.807, 2.05) is 12.1 Å². The van der Waals surface area contributed by atoms with Crippen LogP contribution in [-0.4, -0.2) is 6.04 Å². The van der Waals surface area contributed by atoms with Crippen LogP contribution in [0.5, 0.6) is 0 Å². The monoisotopic (exact) mass is 315 g/mol. The first-order chi connectivity index (χ1) is 8.16. The second-order valence-electron chi connectivity index (χ2n) is 5.06. The van der Waals surface area contributed by atoms with Crippen molar-refractivity contribution < 1.29 is 0 Å². The van der Waals surface area contributed by atoms with Gasteiger partial charge in [-0.15, -0.1) is 0 Å². The molecule has 0 spiro atoms. The van der Waals surface area contributed by atoms with Crippen LogP contribution < -0.4 is 5.32 Å². The molecular weight excluding hydrogens is 298 g/mol. The van der Waals surface area contributed by atoms with Gasteiger partial charge in [-0.2, -0.15) is 0 Å². The molecule has 2 rings (SSSR count). The Kier molecular flexibility index (Phi) is 4.75. The van der Waals surface area contributed by atoms with Gasteiger partial charge >= 0.3 is 0 Å². The zero-order chi connectivity index (χ0) is 12.3. The second-order valence-corrected chi connectivity index (χ2v) is 6.26. The van der Waals surface area contributed by atoms with Gasteiger partial charge in [0, 0.05) is 6.04 Å². The number of anilines is 1. The van der Waals surface area contributed by atoms with Gasteiger partial charge < -0.3 is 5.32 Å². The SMILES string of the molecule is CC1CCCC(Nc2cccc(Cl)c2Br)CC1. The molecule has 1 aliphatic rings. The number of nitrogens with one attached hydrogen (secondary N) is 1. The first-order valence-corrected chi connectivity index (χ1v) is 7.54. The van der Waals surface area contributed by atoms with E-state index < -0.39 is 0 Å². The van der Waals surface area contributed by atoms with E-state index in [4.69, 9.17) is 11.6 Å². The first kappa shape index (κ1) is 13.2. The lowest BCUT2D eigenvalue weighted by Gasteiger charge is -2.19. The van der Waals surface area contributed by atoms with E-state index >= 15 is 0 Å². The highest BCUT2D eigenvalue weighted by atomic mass is 79.9. The van der Waals surface area contributed by atoms with Crippen LogP contribution in [0.4, 0.5) is 5.69 Å². The lowest BCUT2D eigenvalue weighted by atomic mass is 10.0. The molecule has 1 aromatic carbocycles. The van der Waals surface area contributed by atoms with Crippen molar-refractivity contribution in [2.75, 3.05) is 5.32 Å². The van der Waals surface area contributed by atoms with Crippen LogP contribution in [0.25, 0.3) is 0 Å². The van der Waals surface area contributed by atoms with Crippen LogP contribution in [-0.2, 0) is 0 Å². The summed E-state index contributed by atoms with van der Waals surface area (Å²) in [5.74, 6) is 0.879. The molecule has 1 fully saturated rings. The van der Waals surface area contributed by atoms with Crippen LogP contribution in [0.2, 0.25) is 5.02 Å². The van der Waals surface area contributed by atoms with Gasteiger partial charge in [-0.3, -0.25) is 0 Å². The molecule has 3 heteroatoms. The van der Waals surface area contributed by atoms with Crippen LogP contribution in [0, 0.1) is 5.92 Å². The fraction of sp³-hybridized carbons (Fsp3) is 0.571. The molecule has 0 aliphatic heterocycles. The van der Waals surface area contributed by atoms with Gasteiger partial charge in [0.25, 0.3) is 0 Å². The summed E-state index contributed by atoms with van der Waals surface area (Å²) in [6.45, 7) is 2.36. The maximum absolute atomic E-state index is 6.10. The minimum atomic E-state index is 0.592. The van der Waals surface area contributed by atoms with E-state index in [2.05, 4.69) is 34.2 Å². The van der Waals surface area contributed by atoms with Crippen LogP contribution in [0.1, 0.15) is 39.0 Å². The Balaban J connectivity index is 2.02. The van der Waals surface area contributed by atoms with Crippen LogP contribution >= 0.6 is 27.5 Å². The predicted octanol–water partition coefficient (Wildman–Crippen LogP) is 5.48. The normalized spacial score (nSPS) is 25.4. The van der Waals surface area contributed by atoms with Crippen molar-refractivity contribution >= 4 is 33.2 Å². The van der Waals surface area contributed by atoms with Crippen molar-refractivity contribution in [1.82, 2.24) is 0 Å². The van der Waals surface area contributed by atoms with Gasteiger partial charge in [0.1, 0.15) is 0 Å². The van der Waals surface area contributed by atoms with E-state index in [0.717, 1.165) is 21.1 Å². The number of benzene rings is 1. The molecule has 0 saturated heterocycles. The van der Waals surface area contributed by atoms with Crippen molar-refractivity contribution in [1.29, 1.82) is 0 Å². The zero-order valence-corrected chi connectivity index (χ0v) is 12.5. The van der Waals surface area contributed by atoms with Gasteiger partial charge in [-0.25, -0.2) is 0 Å². The molecule has 0 radical (unpaired) electrons. The summed E-state index contributed by atoms with van der Waals surface area (Å²) in [5.41, 5.74) is 1.12. The summed E-state index contributed by atoms with van der Waals surface area (Å²) in [6, 6.07) is 6.58. The largest absolute Gasteiger partial charge is 0.381 e. The standard InChI is InChI=1S/C14H19BrClN/c1-10-4-2-5-11(9-8-10)17-13-7-3-6-12(16)14(13)15/h3,6-7,10-11,17H,2,4-5,8-9H2,1H3. The number of halogens is 2. The summed E-state index contributed by atoms with van der Waals surface area (Å²) < 4.78 is 0.985. The van der Waals surface area contributed by atoms with E-state index in [9.17, 15) is 0 Å². The molecule has 0 amide bonds. The molecule has 1 aliphatic carbocycles. The molecule has 17 heavy (non-hydrogen) atoms. The van der Waals surface area contributed by atoms with Crippen LogP contribution in [0.15, 0.2) is 22.7 Å². The van der Waals surface area contributed by atoms with Crippen molar-refractivity contribution in [3.8, 4) is 0 Å². The highest BCUT2D eigenvalue weighted by molar-refractivity contribution is 9.10. The Bertz CT molecular complexity index is 380. The summed E-state index contributed by atoms with van der Waals surface area (Å²) >= 11 is 9.64. The number of rotatable bonds is 2. The fourth-order valence-electron chi connectivity index (χ4n) is 2.47. The number of hydrogen-bond acceptors (Lipinski definition) is 1. The summed E-state index contributed by atoms with van der Waals surface area (Å²) in [5, 5.41) is 4.39. The Morgan fingerprint density at radius 3 is 2.88 bits per heavy atom. The molecule has 1 saturated carbocycles. The molecular formula is C14H19BrClN. The van der Waals surface area contributed by atoms with Crippen molar-refractivity contribution in [2.24, 2.45) is 5.92 Å². The van der Waals surface area contributed by atoms with E-state index in [0.29, 0.717) is 6.04 Å². The average molecular weight is 317 g/mol. The Hall–Kier alpha value is -0.210. The summed E-state index contributed by atoms with van der Waals surface area (Å²) in [4.78, 5) is 0. The smallest absolute Gasteiger partial charge is 0.0593 e. The fourth-order valence-corrected chi connectivity index (χ4v) is 3.02. The zero-order valence-electron chi connectivity index (χ0n) is 10.2. The van der Waals surface area contributed by atoms with Crippen molar-refractivity contribution in [3.63, 3.8) is 0 Å². The molecule has 2 atom stereocenters. The lowest BCUT2D eigenvalue weighted by Crippen LogP contribution is -2.18. The number of hydrogen-bond donors (Lipinski definition) is 1. The Morgan fingerprint density at radius 1 is 1.24 bits per heavy atom. The van der Waals surface area contributed by atoms with E-state index in [-0.39, 0.29) is 0 Å². The van der Waals surface area contributed by atoms with Gasteiger partial charge in [0.05, 0.1) is 15.2 Å². The molecule has 2 unspecified atom stereocenters. The Labute approximate surface area is 117 Å². The summed E-state index contributed by atoms with van der Waals surface area (Å²) in [7, 11) is 0. The van der Waals surface area contributed by atoms with E-state index in [1.54, 1.807) is 0 Å². The minimum absolute atomic E-state index is 0.592. The minimum Gasteiger partial charge on any atom is -0.381 e. The van der Waals surface area contributed by atoms with Gasteiger partial charge in [0.2, 0.25) is 0 Å². The predicted molar refractivity (Wildman–Crippen MR) is 78.8 cm³/mol. The van der Waals surface area contributed by atoms with Crippen molar-refractivity contribution in [2.45, 2.75) is 45.1 Å².